The fourth-order valence-corrected chi connectivity index (χ4v) is 2.19. The summed E-state index contributed by atoms with van der Waals surface area (Å²) in [7, 11) is 0. The molecular weight excluding hydrogens is 339 g/mol. The molecule has 0 saturated carbocycles. The molecule has 3 N–H and O–H groups in total. The van der Waals surface area contributed by atoms with Gasteiger partial charge in [0.05, 0.1) is 12.2 Å². The zero-order valence-electron chi connectivity index (χ0n) is 11.3. The van der Waals surface area contributed by atoms with Crippen LogP contribution in [-0.2, 0) is 0 Å². The molecule has 0 atom stereocenters. The lowest BCUT2D eigenvalue weighted by Gasteiger charge is -2.10. The average molecular weight is 353 g/mol. The number of carbonyl (C=O) groups excluding carboxylic acids is 1. The van der Waals surface area contributed by atoms with Crippen molar-refractivity contribution in [3.05, 3.63) is 52.3 Å². The number of nitrogens with two attached hydrogens (primary N) is 1. The number of rotatable bonds is 4. The number of hydrogen-bond acceptors (Lipinski definition) is 3. The maximum Gasteiger partial charge on any atom is 0.256 e. The summed E-state index contributed by atoms with van der Waals surface area (Å²) >= 11 is 3.28. The number of hydrogen-bond donors (Lipinski definition) is 2. The van der Waals surface area contributed by atoms with E-state index < -0.39 is 5.82 Å². The van der Waals surface area contributed by atoms with E-state index in [4.69, 9.17) is 10.5 Å². The van der Waals surface area contributed by atoms with E-state index in [2.05, 4.69) is 21.2 Å². The first-order valence-corrected chi connectivity index (χ1v) is 7.09. The van der Waals surface area contributed by atoms with Crippen LogP contribution in [0.1, 0.15) is 17.3 Å². The van der Waals surface area contributed by atoms with E-state index in [0.29, 0.717) is 28.0 Å². The molecule has 0 spiro atoms. The minimum atomic E-state index is -0.527. The monoisotopic (exact) mass is 352 g/mol. The van der Waals surface area contributed by atoms with E-state index in [1.165, 1.54) is 12.1 Å². The Labute approximate surface area is 130 Å². The Kier molecular flexibility index (Phi) is 4.80. The van der Waals surface area contributed by atoms with Crippen molar-refractivity contribution in [1.29, 1.82) is 0 Å². The number of carbonyl (C=O) groups is 1. The highest BCUT2D eigenvalue weighted by Gasteiger charge is 2.12. The number of anilines is 2. The maximum atomic E-state index is 13.7. The lowest BCUT2D eigenvalue weighted by atomic mass is 10.2. The van der Waals surface area contributed by atoms with Gasteiger partial charge in [0.25, 0.3) is 5.91 Å². The standard InChI is InChI=1S/C15H14BrFN2O2/c1-2-21-14-6-4-10(8-13(14)17)19-15(20)11-7-9(18)3-5-12(11)16/h3-8H,2,18H2,1H3,(H,19,20). The lowest BCUT2D eigenvalue weighted by molar-refractivity contribution is 0.102. The third-order valence-corrected chi connectivity index (χ3v) is 3.42. The van der Waals surface area contributed by atoms with Crippen molar-refractivity contribution in [2.45, 2.75) is 6.92 Å². The predicted molar refractivity (Wildman–Crippen MR) is 84.1 cm³/mol. The third kappa shape index (κ3) is 3.72. The van der Waals surface area contributed by atoms with Crippen molar-refractivity contribution in [3.63, 3.8) is 0 Å². The molecule has 0 aliphatic heterocycles. The topological polar surface area (TPSA) is 64.3 Å². The number of amides is 1. The molecule has 4 nitrogen and oxygen atoms in total. The highest BCUT2D eigenvalue weighted by Crippen LogP contribution is 2.24. The van der Waals surface area contributed by atoms with Gasteiger partial charge in [-0.25, -0.2) is 4.39 Å². The van der Waals surface area contributed by atoms with Crippen LogP contribution >= 0.6 is 15.9 Å². The summed E-state index contributed by atoms with van der Waals surface area (Å²) < 4.78 is 19.4. The molecule has 6 heteroatoms. The van der Waals surface area contributed by atoms with Crippen molar-refractivity contribution in [3.8, 4) is 5.75 Å². The highest BCUT2D eigenvalue weighted by atomic mass is 79.9. The van der Waals surface area contributed by atoms with Gasteiger partial charge in [-0.05, 0) is 53.2 Å². The van der Waals surface area contributed by atoms with Crippen LogP contribution in [0.2, 0.25) is 0 Å². The van der Waals surface area contributed by atoms with Crippen LogP contribution in [0.5, 0.6) is 5.75 Å². The smallest absolute Gasteiger partial charge is 0.256 e. The fraction of sp³-hybridized carbons (Fsp3) is 0.133. The molecule has 2 aromatic rings. The van der Waals surface area contributed by atoms with Gasteiger partial charge in [0.2, 0.25) is 0 Å². The van der Waals surface area contributed by atoms with E-state index in [1.807, 2.05) is 0 Å². The summed E-state index contributed by atoms with van der Waals surface area (Å²) in [4.78, 5) is 12.2. The Morgan fingerprint density at radius 1 is 1.33 bits per heavy atom. The van der Waals surface area contributed by atoms with Crippen molar-refractivity contribution in [1.82, 2.24) is 0 Å². The molecule has 110 valence electrons. The quantitative estimate of drug-likeness (QED) is 0.822. The summed E-state index contributed by atoms with van der Waals surface area (Å²) in [6.07, 6.45) is 0. The van der Waals surface area contributed by atoms with E-state index in [9.17, 15) is 9.18 Å². The van der Waals surface area contributed by atoms with Gasteiger partial charge in [-0.2, -0.15) is 0 Å². The second-order valence-electron chi connectivity index (χ2n) is 4.27. The van der Waals surface area contributed by atoms with Gasteiger partial charge in [-0.1, -0.05) is 0 Å². The zero-order valence-corrected chi connectivity index (χ0v) is 12.9. The molecule has 0 saturated heterocycles. The Morgan fingerprint density at radius 3 is 2.76 bits per heavy atom. The minimum absolute atomic E-state index is 0.153. The summed E-state index contributed by atoms with van der Waals surface area (Å²) in [6.45, 7) is 2.14. The molecule has 1 amide bonds. The molecule has 21 heavy (non-hydrogen) atoms. The number of benzene rings is 2. The largest absolute Gasteiger partial charge is 0.491 e. The molecule has 2 aromatic carbocycles. The Balaban J connectivity index is 2.19. The van der Waals surface area contributed by atoms with Crippen LogP contribution in [0, 0.1) is 5.82 Å². The molecule has 0 aliphatic rings. The van der Waals surface area contributed by atoms with Gasteiger partial charge < -0.3 is 15.8 Å². The second-order valence-corrected chi connectivity index (χ2v) is 5.13. The second kappa shape index (κ2) is 6.58. The van der Waals surface area contributed by atoms with E-state index in [1.54, 1.807) is 31.2 Å². The van der Waals surface area contributed by atoms with E-state index in [-0.39, 0.29) is 11.7 Å². The third-order valence-electron chi connectivity index (χ3n) is 2.72. The van der Waals surface area contributed by atoms with Crippen LogP contribution in [0.3, 0.4) is 0 Å². The van der Waals surface area contributed by atoms with Crippen molar-refractivity contribution in [2.75, 3.05) is 17.7 Å². The molecular formula is C15H14BrFN2O2. The van der Waals surface area contributed by atoms with E-state index in [0.717, 1.165) is 0 Å². The van der Waals surface area contributed by atoms with Gasteiger partial charge in [0, 0.05) is 21.9 Å². The predicted octanol–water partition coefficient (Wildman–Crippen LogP) is 3.82. The Morgan fingerprint density at radius 2 is 2.10 bits per heavy atom. The van der Waals surface area contributed by atoms with Gasteiger partial charge in [-0.15, -0.1) is 0 Å². The Bertz CT molecular complexity index is 677. The van der Waals surface area contributed by atoms with Gasteiger partial charge in [0.15, 0.2) is 11.6 Å². The first-order valence-electron chi connectivity index (χ1n) is 6.30. The summed E-state index contributed by atoms with van der Waals surface area (Å²) in [5, 5.41) is 2.62. The lowest BCUT2D eigenvalue weighted by Crippen LogP contribution is -2.13. The number of halogens is 2. The van der Waals surface area contributed by atoms with Crippen molar-refractivity contribution >= 4 is 33.2 Å². The zero-order chi connectivity index (χ0) is 15.4. The van der Waals surface area contributed by atoms with Crippen LogP contribution in [0.4, 0.5) is 15.8 Å². The minimum Gasteiger partial charge on any atom is -0.491 e. The highest BCUT2D eigenvalue weighted by molar-refractivity contribution is 9.10. The number of nitrogens with one attached hydrogen (secondary N) is 1. The maximum absolute atomic E-state index is 13.7. The van der Waals surface area contributed by atoms with Gasteiger partial charge in [-0.3, -0.25) is 4.79 Å². The number of nitrogen functional groups attached to an aromatic ring is 1. The van der Waals surface area contributed by atoms with Crippen molar-refractivity contribution in [2.24, 2.45) is 0 Å². The molecule has 0 aliphatic carbocycles. The Hall–Kier alpha value is -2.08. The summed E-state index contributed by atoms with van der Waals surface area (Å²) in [6, 6.07) is 9.17. The molecule has 0 bridgehead atoms. The average Bonchev–Trinajstić information content (AvgIpc) is 2.44. The van der Waals surface area contributed by atoms with Crippen molar-refractivity contribution < 1.29 is 13.9 Å². The first kappa shape index (κ1) is 15.3. The van der Waals surface area contributed by atoms with Crippen LogP contribution in [0.15, 0.2) is 40.9 Å². The summed E-state index contributed by atoms with van der Waals surface area (Å²) in [5.74, 6) is -0.750. The first-order chi connectivity index (χ1) is 10.0. The fourth-order valence-electron chi connectivity index (χ4n) is 1.77. The molecule has 0 radical (unpaired) electrons. The normalized spacial score (nSPS) is 10.2. The molecule has 2 rings (SSSR count). The van der Waals surface area contributed by atoms with Crippen LogP contribution in [0.25, 0.3) is 0 Å². The van der Waals surface area contributed by atoms with Gasteiger partial charge in [0.1, 0.15) is 0 Å². The number of ether oxygens (including phenoxy) is 1. The van der Waals surface area contributed by atoms with E-state index >= 15 is 0 Å². The molecule has 0 fully saturated rings. The SMILES string of the molecule is CCOc1ccc(NC(=O)c2cc(N)ccc2Br)cc1F. The molecule has 0 heterocycles. The summed E-state index contributed by atoms with van der Waals surface area (Å²) in [5.41, 5.74) is 6.85. The van der Waals surface area contributed by atoms with Crippen LogP contribution < -0.4 is 15.8 Å². The molecule has 0 aromatic heterocycles. The molecule has 0 unspecified atom stereocenters. The van der Waals surface area contributed by atoms with Gasteiger partial charge >= 0.3 is 0 Å². The van der Waals surface area contributed by atoms with Crippen LogP contribution in [-0.4, -0.2) is 12.5 Å².